The zero-order valence-electron chi connectivity index (χ0n) is 7.50. The summed E-state index contributed by atoms with van der Waals surface area (Å²) >= 11 is 0.154. The van der Waals surface area contributed by atoms with E-state index in [1.807, 2.05) is 6.07 Å². The molecule has 3 nitrogen and oxygen atoms in total. The van der Waals surface area contributed by atoms with Crippen LogP contribution >= 0.6 is 0 Å². The van der Waals surface area contributed by atoms with Crippen LogP contribution in [0.2, 0.25) is 0 Å². The molecule has 1 aromatic carbocycles. The number of nitrogens with zero attached hydrogens (tertiary/aromatic N) is 1. The van der Waals surface area contributed by atoms with Gasteiger partial charge in [0.1, 0.15) is 0 Å². The number of hydrogen-bond acceptors (Lipinski definition) is 1. The Balaban J connectivity index is 2.72. The van der Waals surface area contributed by atoms with Crippen molar-refractivity contribution in [2.75, 3.05) is 4.93 Å². The minimum absolute atomic E-state index is 0.150. The molecule has 0 bridgehead atoms. The first-order valence-electron chi connectivity index (χ1n) is 3.86. The summed E-state index contributed by atoms with van der Waals surface area (Å²) in [5.41, 5.74) is 11.7. The van der Waals surface area contributed by atoms with Crippen LogP contribution in [0.3, 0.4) is 0 Å². The number of alkyl halides is 1. The predicted octanol–water partition coefficient (Wildman–Crippen LogP) is -2.65. The molecule has 0 spiro atoms. The van der Waals surface area contributed by atoms with Crippen LogP contribution in [-0.4, -0.2) is 10.9 Å². The van der Waals surface area contributed by atoms with Gasteiger partial charge in [0, 0.05) is 0 Å². The summed E-state index contributed by atoms with van der Waals surface area (Å²) in [6.07, 6.45) is 0. The molecule has 0 saturated carbocycles. The zero-order chi connectivity index (χ0) is 9.68. The predicted molar refractivity (Wildman–Crippen MR) is 50.6 cm³/mol. The number of hydrogen-bond donors (Lipinski definition) is 2. The third-order valence-electron chi connectivity index (χ3n) is 1.55. The fourth-order valence-corrected chi connectivity index (χ4v) is 2.21. The molecule has 0 aliphatic rings. The molecule has 1 aromatic rings. The number of rotatable bonds is 3. The summed E-state index contributed by atoms with van der Waals surface area (Å²) in [6.45, 7) is 0.583. The second-order valence-corrected chi connectivity index (χ2v) is 4.88. The topological polar surface area (TPSA) is 64.4 Å². The summed E-state index contributed by atoms with van der Waals surface area (Å²) in [7, 11) is 0. The summed E-state index contributed by atoms with van der Waals surface area (Å²) in [6, 6.07) is 8.40. The molecule has 4 N–H and O–H groups in total. The molecule has 4 heteroatoms. The zero-order valence-corrected chi connectivity index (χ0v) is 9.65. The van der Waals surface area contributed by atoms with Crippen LogP contribution in [0, 0.1) is 3.57 Å². The molecule has 0 saturated heterocycles. The third-order valence-corrected chi connectivity index (χ3v) is 3.47. The summed E-state index contributed by atoms with van der Waals surface area (Å²) in [5.74, 6) is 0.150. The van der Waals surface area contributed by atoms with Crippen molar-refractivity contribution in [3.63, 3.8) is 0 Å². The average Bonchev–Trinajstić information content (AvgIpc) is 2.15. The quantitative estimate of drug-likeness (QED) is 0.276. The Morgan fingerprint density at radius 2 is 2.23 bits per heavy atom. The van der Waals surface area contributed by atoms with Gasteiger partial charge in [0.25, 0.3) is 0 Å². The molecular formula is C9H13IN3-. The molecule has 0 aliphatic carbocycles. The van der Waals surface area contributed by atoms with Crippen LogP contribution in [0.5, 0.6) is 0 Å². The number of benzene rings is 1. The average molecular weight is 290 g/mol. The van der Waals surface area contributed by atoms with Crippen molar-refractivity contribution in [1.82, 2.24) is 0 Å². The number of guanidine groups is 1. The van der Waals surface area contributed by atoms with E-state index in [9.17, 15) is 0 Å². The normalized spacial score (nSPS) is 9.92. The summed E-state index contributed by atoms with van der Waals surface area (Å²) < 4.78 is 1.42. The van der Waals surface area contributed by atoms with E-state index in [0.717, 1.165) is 0 Å². The number of aliphatic imine (C=N–C) groups is 1. The molecule has 0 amide bonds. The first-order valence-corrected chi connectivity index (χ1v) is 7.10. The molecule has 13 heavy (non-hydrogen) atoms. The van der Waals surface area contributed by atoms with Crippen LogP contribution in [0.4, 0.5) is 0 Å². The number of halogens is 1. The van der Waals surface area contributed by atoms with Crippen molar-refractivity contribution in [3.05, 3.63) is 33.4 Å². The van der Waals surface area contributed by atoms with Gasteiger partial charge < -0.3 is 0 Å². The van der Waals surface area contributed by atoms with E-state index in [-0.39, 0.29) is 27.2 Å². The van der Waals surface area contributed by atoms with E-state index in [0.29, 0.717) is 6.54 Å². The summed E-state index contributed by atoms with van der Waals surface area (Å²) in [4.78, 5) is 6.19. The van der Waals surface area contributed by atoms with Gasteiger partial charge in [-0.1, -0.05) is 0 Å². The minimum atomic E-state index is 0.150. The van der Waals surface area contributed by atoms with Gasteiger partial charge in [-0.2, -0.15) is 0 Å². The molecular weight excluding hydrogens is 277 g/mol. The SMILES string of the molecule is C[I-]c1cccc(CN=C(N)N)c1. The van der Waals surface area contributed by atoms with Crippen molar-refractivity contribution >= 4 is 5.96 Å². The Kier molecular flexibility index (Phi) is 4.01. The van der Waals surface area contributed by atoms with E-state index >= 15 is 0 Å². The molecule has 0 heterocycles. The Labute approximate surface area is 88.5 Å². The van der Waals surface area contributed by atoms with E-state index in [1.165, 1.54) is 9.13 Å². The molecule has 0 fully saturated rings. The third kappa shape index (κ3) is 3.63. The molecule has 72 valence electrons. The van der Waals surface area contributed by atoms with Gasteiger partial charge in [0.05, 0.1) is 0 Å². The first kappa shape index (κ1) is 10.3. The first-order chi connectivity index (χ1) is 6.22. The standard InChI is InChI=1S/C9H13IN3/c1-10-8-4-2-3-7(5-8)6-13-9(11)12/h2-5H,6H2,1H3,(H4,11,12,13)/q-1. The van der Waals surface area contributed by atoms with Gasteiger partial charge in [-0.15, -0.1) is 0 Å². The maximum atomic E-state index is 5.25. The second kappa shape index (κ2) is 5.06. The van der Waals surface area contributed by atoms with Crippen LogP contribution in [0.25, 0.3) is 0 Å². The fourth-order valence-electron chi connectivity index (χ4n) is 0.935. The van der Waals surface area contributed by atoms with Crippen LogP contribution in [-0.2, 0) is 6.54 Å². The molecule has 0 atom stereocenters. The van der Waals surface area contributed by atoms with Gasteiger partial charge >= 0.3 is 88.5 Å². The molecule has 0 aromatic heterocycles. The van der Waals surface area contributed by atoms with E-state index < -0.39 is 0 Å². The second-order valence-electron chi connectivity index (χ2n) is 2.56. The van der Waals surface area contributed by atoms with Crippen LogP contribution in [0.1, 0.15) is 5.56 Å². The summed E-state index contributed by atoms with van der Waals surface area (Å²) in [5, 5.41) is 0. The van der Waals surface area contributed by atoms with Gasteiger partial charge in [0.2, 0.25) is 0 Å². The van der Waals surface area contributed by atoms with Crippen molar-refractivity contribution in [2.45, 2.75) is 6.54 Å². The Morgan fingerprint density at radius 1 is 1.46 bits per heavy atom. The number of nitrogens with two attached hydrogens (primary N) is 2. The van der Waals surface area contributed by atoms with Gasteiger partial charge in [-0.3, -0.25) is 0 Å². The molecule has 0 unspecified atom stereocenters. The molecule has 0 radical (unpaired) electrons. The van der Waals surface area contributed by atoms with Crippen molar-refractivity contribution in [2.24, 2.45) is 16.5 Å². The Hall–Kier alpha value is -0.780. The fraction of sp³-hybridized carbons (Fsp3) is 0.222. The Morgan fingerprint density at radius 3 is 2.85 bits per heavy atom. The Bertz CT molecular complexity index is 305. The van der Waals surface area contributed by atoms with E-state index in [2.05, 4.69) is 28.1 Å². The van der Waals surface area contributed by atoms with Gasteiger partial charge in [-0.25, -0.2) is 0 Å². The van der Waals surface area contributed by atoms with Crippen molar-refractivity contribution in [3.8, 4) is 0 Å². The van der Waals surface area contributed by atoms with Crippen LogP contribution < -0.4 is 32.7 Å². The van der Waals surface area contributed by atoms with Crippen molar-refractivity contribution < 1.29 is 21.2 Å². The molecule has 0 aliphatic heterocycles. The molecule has 1 rings (SSSR count). The van der Waals surface area contributed by atoms with Gasteiger partial charge in [0.15, 0.2) is 0 Å². The monoisotopic (exact) mass is 290 g/mol. The van der Waals surface area contributed by atoms with Gasteiger partial charge in [-0.05, 0) is 0 Å². The van der Waals surface area contributed by atoms with E-state index in [1.54, 1.807) is 0 Å². The van der Waals surface area contributed by atoms with Crippen LogP contribution in [0.15, 0.2) is 29.3 Å². The van der Waals surface area contributed by atoms with Crippen molar-refractivity contribution in [1.29, 1.82) is 0 Å². The van der Waals surface area contributed by atoms with E-state index in [4.69, 9.17) is 11.5 Å². The maximum absolute atomic E-state index is 5.25.